The van der Waals surface area contributed by atoms with E-state index in [-0.39, 0.29) is 35.6 Å². The molecule has 4 fully saturated rings. The molecule has 0 spiro atoms. The molecule has 6 nitrogen and oxygen atoms in total. The smallest absolute Gasteiger partial charge is 0.393 e. The summed E-state index contributed by atoms with van der Waals surface area (Å²) in [5, 5.41) is 22.1. The monoisotopic (exact) mass is 472 g/mol. The van der Waals surface area contributed by atoms with E-state index in [2.05, 4.69) is 31.9 Å². The molecule has 4 saturated carbocycles. The maximum absolute atomic E-state index is 11.7. The molecule has 4 aliphatic carbocycles. The van der Waals surface area contributed by atoms with Gasteiger partial charge in [0.05, 0.1) is 18.8 Å². The van der Waals surface area contributed by atoms with Crippen LogP contribution in [0.2, 0.25) is 0 Å². The van der Waals surface area contributed by atoms with E-state index >= 15 is 0 Å². The predicted octanol–water partition coefficient (Wildman–Crippen LogP) is 4.46. The maximum atomic E-state index is 11.7. The summed E-state index contributed by atoms with van der Waals surface area (Å²) in [7, 11) is -4.39. The zero-order chi connectivity index (χ0) is 23.5. The second kappa shape index (κ2) is 8.78. The van der Waals surface area contributed by atoms with Crippen LogP contribution in [0.1, 0.15) is 85.5 Å². The van der Waals surface area contributed by atoms with Crippen molar-refractivity contribution in [3.8, 4) is 0 Å². The molecule has 0 amide bonds. The first-order chi connectivity index (χ1) is 14.9. The second-order valence-corrected chi connectivity index (χ2v) is 13.2. The SMILES string of the molecule is CC[C@H]1C(O)C2C3CCC(C(C)CCOS(=O)(=O)O)[C@@]3(C)CCC2[C@@]2(C)CC[C@@H](O)CC12. The zero-order valence-corrected chi connectivity index (χ0v) is 21.1. The van der Waals surface area contributed by atoms with Crippen molar-refractivity contribution in [1.82, 2.24) is 0 Å². The Morgan fingerprint density at radius 3 is 2.31 bits per heavy atom. The fourth-order valence-electron chi connectivity index (χ4n) is 9.47. The van der Waals surface area contributed by atoms with E-state index < -0.39 is 10.4 Å². The third-order valence-electron chi connectivity index (χ3n) is 11.0. The molecule has 7 heteroatoms. The molecule has 0 radical (unpaired) electrons. The lowest BCUT2D eigenvalue weighted by molar-refractivity contribution is -0.203. The molecule has 186 valence electrons. The minimum Gasteiger partial charge on any atom is -0.393 e. The van der Waals surface area contributed by atoms with Crippen molar-refractivity contribution in [3.05, 3.63) is 0 Å². The first-order valence-electron chi connectivity index (χ1n) is 12.9. The molecule has 0 aromatic rings. The largest absolute Gasteiger partial charge is 0.397 e. The number of hydrogen-bond donors (Lipinski definition) is 3. The molecule has 7 unspecified atom stereocenters. The van der Waals surface area contributed by atoms with Crippen molar-refractivity contribution in [2.45, 2.75) is 97.7 Å². The molecule has 0 bridgehead atoms. The zero-order valence-electron chi connectivity index (χ0n) is 20.2. The summed E-state index contributed by atoms with van der Waals surface area (Å²) < 4.78 is 35.4. The van der Waals surface area contributed by atoms with Gasteiger partial charge in [-0.05, 0) is 104 Å². The van der Waals surface area contributed by atoms with Crippen LogP contribution in [0.5, 0.6) is 0 Å². The summed E-state index contributed by atoms with van der Waals surface area (Å²) in [5.74, 6) is 2.78. The average Bonchev–Trinajstić information content (AvgIpc) is 3.06. The van der Waals surface area contributed by atoms with E-state index in [0.717, 1.165) is 51.4 Å². The molecule has 3 N–H and O–H groups in total. The topological polar surface area (TPSA) is 104 Å². The fourth-order valence-corrected chi connectivity index (χ4v) is 9.78. The molecular weight excluding hydrogens is 428 g/mol. The Bertz CT molecular complexity index is 785. The standard InChI is InChI=1S/C25H44O6S/c1-5-17-21-14-16(26)8-11-25(21,4)20-9-12-24(3)18(6-7-19(24)22(20)23(17)27)15(2)10-13-31-32(28,29)30/h15-23,26-27H,5-14H2,1-4H3,(H,28,29,30)/t15?,16-,17-,18?,19?,20?,21?,22?,23?,24-,25-/m1/s1. The minimum atomic E-state index is -4.39. The van der Waals surface area contributed by atoms with Gasteiger partial charge in [-0.25, -0.2) is 4.18 Å². The Morgan fingerprint density at radius 2 is 1.66 bits per heavy atom. The van der Waals surface area contributed by atoms with Crippen molar-refractivity contribution in [3.63, 3.8) is 0 Å². The van der Waals surface area contributed by atoms with Crippen LogP contribution in [0.4, 0.5) is 0 Å². The molecule has 0 aromatic heterocycles. The van der Waals surface area contributed by atoms with Crippen molar-refractivity contribution in [1.29, 1.82) is 0 Å². The summed E-state index contributed by atoms with van der Waals surface area (Å²) in [4.78, 5) is 0. The third kappa shape index (κ3) is 4.08. The van der Waals surface area contributed by atoms with Crippen LogP contribution in [0.15, 0.2) is 0 Å². The van der Waals surface area contributed by atoms with E-state index in [1.165, 1.54) is 0 Å². The van der Waals surface area contributed by atoms with Crippen molar-refractivity contribution in [2.75, 3.05) is 6.61 Å². The second-order valence-electron chi connectivity index (χ2n) is 12.1. The summed E-state index contributed by atoms with van der Waals surface area (Å²) >= 11 is 0. The van der Waals surface area contributed by atoms with Gasteiger partial charge in [0.25, 0.3) is 0 Å². The normalized spacial score (nSPS) is 49.7. The summed E-state index contributed by atoms with van der Waals surface area (Å²) in [5.41, 5.74) is 0.355. The first-order valence-corrected chi connectivity index (χ1v) is 14.3. The van der Waals surface area contributed by atoms with Gasteiger partial charge in [0.15, 0.2) is 0 Å². The third-order valence-corrected chi connectivity index (χ3v) is 11.4. The van der Waals surface area contributed by atoms with Gasteiger partial charge in [-0.3, -0.25) is 4.55 Å². The van der Waals surface area contributed by atoms with Gasteiger partial charge in [-0.1, -0.05) is 34.1 Å². The Labute approximate surface area is 194 Å². The number of rotatable bonds is 6. The van der Waals surface area contributed by atoms with Crippen molar-refractivity contribution >= 4 is 10.4 Å². The highest BCUT2D eigenvalue weighted by atomic mass is 32.3. The van der Waals surface area contributed by atoms with Gasteiger partial charge >= 0.3 is 10.4 Å². The number of fused-ring (bicyclic) bond motifs is 5. The van der Waals surface area contributed by atoms with E-state index in [9.17, 15) is 18.6 Å². The fraction of sp³-hybridized carbons (Fsp3) is 1.00. The quantitative estimate of drug-likeness (QED) is 0.493. The van der Waals surface area contributed by atoms with E-state index in [0.29, 0.717) is 41.9 Å². The molecule has 0 heterocycles. The number of aliphatic hydroxyl groups excluding tert-OH is 2. The summed E-state index contributed by atoms with van der Waals surface area (Å²) in [6, 6.07) is 0. The Balaban J connectivity index is 1.56. The van der Waals surface area contributed by atoms with E-state index in [1.807, 2.05) is 0 Å². The van der Waals surface area contributed by atoms with Crippen LogP contribution in [0.25, 0.3) is 0 Å². The Hall–Kier alpha value is -0.210. The van der Waals surface area contributed by atoms with Gasteiger partial charge in [0.2, 0.25) is 0 Å². The first kappa shape index (κ1) is 24.9. The number of aliphatic hydroxyl groups is 2. The van der Waals surface area contributed by atoms with E-state index in [1.54, 1.807) is 0 Å². The molecule has 32 heavy (non-hydrogen) atoms. The minimum absolute atomic E-state index is 0.0198. The van der Waals surface area contributed by atoms with Crippen LogP contribution in [-0.2, 0) is 14.6 Å². The highest BCUT2D eigenvalue weighted by molar-refractivity contribution is 7.80. The molecule has 4 rings (SSSR count). The molecular formula is C25H44O6S. The highest BCUT2D eigenvalue weighted by Crippen LogP contribution is 2.69. The van der Waals surface area contributed by atoms with Gasteiger partial charge in [-0.2, -0.15) is 8.42 Å². The lowest BCUT2D eigenvalue weighted by Gasteiger charge is -2.64. The molecule has 4 aliphatic rings. The average molecular weight is 473 g/mol. The summed E-state index contributed by atoms with van der Waals surface area (Å²) in [6.45, 7) is 9.28. The Morgan fingerprint density at radius 1 is 1.00 bits per heavy atom. The molecule has 11 atom stereocenters. The predicted molar refractivity (Wildman–Crippen MR) is 123 cm³/mol. The van der Waals surface area contributed by atoms with Crippen LogP contribution in [0, 0.1) is 52.3 Å². The van der Waals surface area contributed by atoms with Gasteiger partial charge in [0, 0.05) is 0 Å². The highest BCUT2D eigenvalue weighted by Gasteiger charge is 2.64. The lowest BCUT2D eigenvalue weighted by atomic mass is 9.41. The van der Waals surface area contributed by atoms with Gasteiger partial charge < -0.3 is 10.2 Å². The lowest BCUT2D eigenvalue weighted by Crippen LogP contribution is -2.62. The van der Waals surface area contributed by atoms with Gasteiger partial charge in [-0.15, -0.1) is 0 Å². The van der Waals surface area contributed by atoms with Crippen molar-refractivity contribution < 1.29 is 27.4 Å². The van der Waals surface area contributed by atoms with Crippen molar-refractivity contribution in [2.24, 2.45) is 52.3 Å². The van der Waals surface area contributed by atoms with Gasteiger partial charge in [0.1, 0.15) is 0 Å². The van der Waals surface area contributed by atoms with E-state index in [4.69, 9.17) is 4.55 Å². The van der Waals surface area contributed by atoms with Crippen LogP contribution in [0.3, 0.4) is 0 Å². The maximum Gasteiger partial charge on any atom is 0.397 e. The van der Waals surface area contributed by atoms with Crippen LogP contribution >= 0.6 is 0 Å². The summed E-state index contributed by atoms with van der Waals surface area (Å²) in [6.07, 6.45) is 8.38. The molecule has 0 aromatic carbocycles. The number of hydrogen-bond acceptors (Lipinski definition) is 5. The molecule has 0 saturated heterocycles. The Kier molecular flexibility index (Phi) is 6.83. The van der Waals surface area contributed by atoms with Crippen LogP contribution in [-0.4, -0.2) is 42.0 Å². The van der Waals surface area contributed by atoms with Crippen LogP contribution < -0.4 is 0 Å². The molecule has 0 aliphatic heterocycles.